The standard InChI is InChI=1S/C20H26ClN3O4S3/c1-20(2)9-13-23(14-10-20)19-15(21)5-3-6-16(19)22-30(25,26)17-7-8-18(29-17)31(27,28)24-11-4-12-24/h3,5-8,22H,4,9-14H2,1-2H3. The molecule has 11 heteroatoms. The second-order valence-electron chi connectivity index (χ2n) is 8.72. The van der Waals surface area contributed by atoms with Crippen LogP contribution in [-0.2, 0) is 20.0 Å². The smallest absolute Gasteiger partial charge is 0.271 e. The second-order valence-corrected chi connectivity index (χ2v) is 14.3. The minimum Gasteiger partial charge on any atom is -0.369 e. The average molecular weight is 504 g/mol. The van der Waals surface area contributed by atoms with E-state index < -0.39 is 20.0 Å². The van der Waals surface area contributed by atoms with Gasteiger partial charge in [-0.2, -0.15) is 4.31 Å². The Morgan fingerprint density at radius 2 is 1.61 bits per heavy atom. The lowest BCUT2D eigenvalue weighted by molar-refractivity contribution is 0.280. The molecule has 0 atom stereocenters. The molecule has 1 aromatic heterocycles. The molecule has 2 aliphatic rings. The largest absolute Gasteiger partial charge is 0.369 e. The normalized spacial score (nSPS) is 19.8. The minimum absolute atomic E-state index is 0.0390. The van der Waals surface area contributed by atoms with E-state index in [0.717, 1.165) is 43.7 Å². The molecule has 0 radical (unpaired) electrons. The van der Waals surface area contributed by atoms with Crippen molar-refractivity contribution < 1.29 is 16.8 Å². The van der Waals surface area contributed by atoms with Crippen molar-refractivity contribution in [2.24, 2.45) is 5.41 Å². The quantitative estimate of drug-likeness (QED) is 0.637. The fourth-order valence-electron chi connectivity index (χ4n) is 3.69. The van der Waals surface area contributed by atoms with E-state index in [2.05, 4.69) is 23.5 Å². The van der Waals surface area contributed by atoms with Crippen LogP contribution >= 0.6 is 22.9 Å². The van der Waals surface area contributed by atoms with E-state index in [1.165, 1.54) is 16.4 Å². The van der Waals surface area contributed by atoms with Gasteiger partial charge in [-0.05, 0) is 48.9 Å². The zero-order valence-corrected chi connectivity index (χ0v) is 20.7. The third-order valence-corrected chi connectivity index (χ3v) is 11.5. The molecule has 2 saturated heterocycles. The molecule has 0 amide bonds. The molecule has 31 heavy (non-hydrogen) atoms. The maximum atomic E-state index is 13.1. The Morgan fingerprint density at radius 1 is 0.968 bits per heavy atom. The maximum absolute atomic E-state index is 13.1. The van der Waals surface area contributed by atoms with Gasteiger partial charge in [0.1, 0.15) is 8.42 Å². The molecular formula is C20H26ClN3O4S3. The van der Waals surface area contributed by atoms with Crippen LogP contribution in [0.4, 0.5) is 11.4 Å². The molecule has 0 unspecified atom stereocenters. The summed E-state index contributed by atoms with van der Waals surface area (Å²) in [5, 5.41) is 0.479. The number of rotatable bonds is 6. The summed E-state index contributed by atoms with van der Waals surface area (Å²) >= 11 is 7.23. The SMILES string of the molecule is CC1(C)CCN(c2c(Cl)cccc2NS(=O)(=O)c2ccc(S(=O)(=O)N3CCC3)s2)CC1. The van der Waals surface area contributed by atoms with Crippen molar-refractivity contribution in [3.8, 4) is 0 Å². The molecule has 170 valence electrons. The molecule has 1 aromatic carbocycles. The van der Waals surface area contributed by atoms with Crippen molar-refractivity contribution in [2.75, 3.05) is 35.8 Å². The van der Waals surface area contributed by atoms with E-state index in [-0.39, 0.29) is 13.8 Å². The van der Waals surface area contributed by atoms with Crippen molar-refractivity contribution in [3.63, 3.8) is 0 Å². The Morgan fingerprint density at radius 3 is 2.23 bits per heavy atom. The van der Waals surface area contributed by atoms with Crippen LogP contribution in [0.1, 0.15) is 33.1 Å². The van der Waals surface area contributed by atoms with Crippen LogP contribution in [0, 0.1) is 5.41 Å². The van der Waals surface area contributed by atoms with Gasteiger partial charge in [-0.25, -0.2) is 16.8 Å². The highest BCUT2D eigenvalue weighted by Crippen LogP contribution is 2.40. The Balaban J connectivity index is 1.60. The molecule has 3 heterocycles. The molecule has 0 spiro atoms. The molecule has 2 aliphatic heterocycles. The topological polar surface area (TPSA) is 86.8 Å². The first-order chi connectivity index (χ1) is 14.5. The van der Waals surface area contributed by atoms with E-state index in [0.29, 0.717) is 29.5 Å². The molecule has 4 rings (SSSR count). The van der Waals surface area contributed by atoms with Crippen LogP contribution < -0.4 is 9.62 Å². The van der Waals surface area contributed by atoms with Gasteiger partial charge in [0.2, 0.25) is 0 Å². The van der Waals surface area contributed by atoms with Crippen LogP contribution in [0.15, 0.2) is 38.8 Å². The van der Waals surface area contributed by atoms with Gasteiger partial charge in [-0.3, -0.25) is 4.72 Å². The van der Waals surface area contributed by atoms with Crippen molar-refractivity contribution in [3.05, 3.63) is 35.4 Å². The fraction of sp³-hybridized carbons (Fsp3) is 0.500. The van der Waals surface area contributed by atoms with Crippen LogP contribution in [0.2, 0.25) is 5.02 Å². The van der Waals surface area contributed by atoms with Crippen LogP contribution in [0.5, 0.6) is 0 Å². The monoisotopic (exact) mass is 503 g/mol. The highest BCUT2D eigenvalue weighted by atomic mass is 35.5. The number of sulfonamides is 2. The Labute approximate surface area is 193 Å². The van der Waals surface area contributed by atoms with Gasteiger partial charge in [-0.1, -0.05) is 31.5 Å². The number of anilines is 2. The fourth-order valence-corrected chi connectivity index (χ4v) is 8.49. The van der Waals surface area contributed by atoms with E-state index in [1.54, 1.807) is 18.2 Å². The highest BCUT2D eigenvalue weighted by molar-refractivity contribution is 7.96. The summed E-state index contributed by atoms with van der Waals surface area (Å²) in [5.41, 5.74) is 1.30. The number of nitrogens with one attached hydrogen (secondary N) is 1. The summed E-state index contributed by atoms with van der Waals surface area (Å²) in [7, 11) is -7.60. The van der Waals surface area contributed by atoms with E-state index in [4.69, 9.17) is 11.6 Å². The summed E-state index contributed by atoms with van der Waals surface area (Å²) < 4.78 is 55.3. The number of benzene rings is 1. The zero-order valence-electron chi connectivity index (χ0n) is 17.5. The predicted octanol–water partition coefficient (Wildman–Crippen LogP) is 4.22. The van der Waals surface area contributed by atoms with Gasteiger partial charge in [0.25, 0.3) is 20.0 Å². The Hall–Kier alpha value is -1.33. The number of thiophene rings is 1. The predicted molar refractivity (Wildman–Crippen MR) is 125 cm³/mol. The van der Waals surface area contributed by atoms with Crippen LogP contribution in [0.3, 0.4) is 0 Å². The van der Waals surface area contributed by atoms with Crippen molar-refractivity contribution >= 4 is 54.4 Å². The van der Waals surface area contributed by atoms with Gasteiger partial charge in [-0.15, -0.1) is 11.3 Å². The number of para-hydroxylation sites is 1. The van der Waals surface area contributed by atoms with E-state index in [9.17, 15) is 16.8 Å². The molecular weight excluding hydrogens is 478 g/mol. The minimum atomic E-state index is -3.97. The lowest BCUT2D eigenvalue weighted by Gasteiger charge is -2.39. The first-order valence-electron chi connectivity index (χ1n) is 10.2. The molecule has 0 saturated carbocycles. The molecule has 1 N–H and O–H groups in total. The van der Waals surface area contributed by atoms with E-state index >= 15 is 0 Å². The summed E-state index contributed by atoms with van der Waals surface area (Å²) in [6, 6.07) is 7.83. The summed E-state index contributed by atoms with van der Waals surface area (Å²) in [6.45, 7) is 6.95. The number of nitrogens with zero attached hydrogens (tertiary/aromatic N) is 2. The van der Waals surface area contributed by atoms with Gasteiger partial charge in [0.15, 0.2) is 0 Å². The average Bonchev–Trinajstić information content (AvgIpc) is 3.13. The Bertz CT molecular complexity index is 1180. The van der Waals surface area contributed by atoms with Gasteiger partial charge in [0, 0.05) is 26.2 Å². The first-order valence-corrected chi connectivity index (χ1v) is 14.3. The van der Waals surface area contributed by atoms with E-state index in [1.807, 2.05) is 0 Å². The van der Waals surface area contributed by atoms with Crippen LogP contribution in [0.25, 0.3) is 0 Å². The van der Waals surface area contributed by atoms with Gasteiger partial charge in [0.05, 0.1) is 16.4 Å². The lowest BCUT2D eigenvalue weighted by atomic mass is 9.82. The molecule has 2 fully saturated rings. The van der Waals surface area contributed by atoms with Crippen molar-refractivity contribution in [1.82, 2.24) is 4.31 Å². The molecule has 7 nitrogen and oxygen atoms in total. The Kier molecular flexibility index (Phi) is 6.06. The van der Waals surface area contributed by atoms with Gasteiger partial charge < -0.3 is 4.90 Å². The van der Waals surface area contributed by atoms with Crippen molar-refractivity contribution in [2.45, 2.75) is 41.5 Å². The van der Waals surface area contributed by atoms with Crippen molar-refractivity contribution in [1.29, 1.82) is 0 Å². The third kappa shape index (κ3) is 4.59. The third-order valence-electron chi connectivity index (χ3n) is 5.90. The second kappa shape index (κ2) is 8.22. The summed E-state index contributed by atoms with van der Waals surface area (Å²) in [6.07, 6.45) is 2.78. The summed E-state index contributed by atoms with van der Waals surface area (Å²) in [4.78, 5) is 2.11. The lowest BCUT2D eigenvalue weighted by Crippen LogP contribution is -2.41. The molecule has 2 aromatic rings. The van der Waals surface area contributed by atoms with Crippen LogP contribution in [-0.4, -0.2) is 47.3 Å². The number of hydrogen-bond acceptors (Lipinski definition) is 6. The molecule has 0 aliphatic carbocycles. The first kappa shape index (κ1) is 22.8. The molecule has 0 bridgehead atoms. The number of halogens is 1. The number of piperidine rings is 1. The number of hydrogen-bond donors (Lipinski definition) is 1. The zero-order chi connectivity index (χ0) is 22.4. The van der Waals surface area contributed by atoms with Gasteiger partial charge >= 0.3 is 0 Å². The summed E-state index contributed by atoms with van der Waals surface area (Å²) in [5.74, 6) is 0. The highest BCUT2D eigenvalue weighted by Gasteiger charge is 2.33. The maximum Gasteiger partial charge on any atom is 0.271 e.